The van der Waals surface area contributed by atoms with Crippen LogP contribution < -0.4 is 5.32 Å². The van der Waals surface area contributed by atoms with Crippen LogP contribution in [0.15, 0.2) is 24.3 Å². The summed E-state index contributed by atoms with van der Waals surface area (Å²) >= 11 is 5.82. The first kappa shape index (κ1) is 15.4. The Labute approximate surface area is 126 Å². The highest BCUT2D eigenvalue weighted by atomic mass is 35.5. The summed E-state index contributed by atoms with van der Waals surface area (Å²) in [4.78, 5) is 12.0. The van der Waals surface area contributed by atoms with Crippen LogP contribution in [0.25, 0.3) is 0 Å². The van der Waals surface area contributed by atoms with Crippen molar-refractivity contribution >= 4 is 17.5 Å². The van der Waals surface area contributed by atoms with Crippen LogP contribution in [0, 0.1) is 5.92 Å². The summed E-state index contributed by atoms with van der Waals surface area (Å²) in [5.74, 6) is 1.30. The number of amides is 1. The van der Waals surface area contributed by atoms with Crippen molar-refractivity contribution in [3.63, 3.8) is 0 Å². The molecule has 2 nitrogen and oxygen atoms in total. The fourth-order valence-corrected chi connectivity index (χ4v) is 3.09. The minimum Gasteiger partial charge on any atom is -0.352 e. The lowest BCUT2D eigenvalue weighted by molar-refractivity contribution is -0.122. The van der Waals surface area contributed by atoms with Crippen LogP contribution >= 0.6 is 11.6 Å². The maximum atomic E-state index is 12.0. The third-order valence-electron chi connectivity index (χ3n) is 4.08. The zero-order valence-corrected chi connectivity index (χ0v) is 12.8. The van der Waals surface area contributed by atoms with Gasteiger partial charge in [-0.05, 0) is 29.9 Å². The number of halogens is 1. The van der Waals surface area contributed by atoms with E-state index in [9.17, 15) is 4.79 Å². The number of hydrogen-bond acceptors (Lipinski definition) is 1. The van der Waals surface area contributed by atoms with Gasteiger partial charge in [0.1, 0.15) is 0 Å². The first-order chi connectivity index (χ1) is 9.78. The van der Waals surface area contributed by atoms with Crippen molar-refractivity contribution in [3.8, 4) is 0 Å². The SMILES string of the molecule is O=C(CC1CCCCCC1)NCc1cccc(CCl)c1. The Hall–Kier alpha value is -1.02. The van der Waals surface area contributed by atoms with Crippen LogP contribution in [-0.4, -0.2) is 5.91 Å². The molecule has 1 aromatic rings. The molecule has 0 aromatic heterocycles. The van der Waals surface area contributed by atoms with Gasteiger partial charge in [-0.25, -0.2) is 0 Å². The van der Waals surface area contributed by atoms with Crippen molar-refractivity contribution in [1.82, 2.24) is 5.32 Å². The van der Waals surface area contributed by atoms with Gasteiger partial charge in [0.05, 0.1) is 0 Å². The second-order valence-corrected chi connectivity index (χ2v) is 6.06. The molecule has 1 aliphatic rings. The van der Waals surface area contributed by atoms with Gasteiger partial charge in [0.25, 0.3) is 0 Å². The molecule has 3 heteroatoms. The third kappa shape index (κ3) is 5.16. The van der Waals surface area contributed by atoms with Crippen molar-refractivity contribution in [2.75, 3.05) is 0 Å². The van der Waals surface area contributed by atoms with E-state index in [-0.39, 0.29) is 5.91 Å². The van der Waals surface area contributed by atoms with E-state index in [0.717, 1.165) is 11.1 Å². The number of hydrogen-bond donors (Lipinski definition) is 1. The Morgan fingerprint density at radius 2 is 1.85 bits per heavy atom. The molecule has 110 valence electrons. The number of benzene rings is 1. The molecule has 1 N–H and O–H groups in total. The smallest absolute Gasteiger partial charge is 0.220 e. The molecule has 1 fully saturated rings. The number of carbonyl (C=O) groups is 1. The zero-order valence-electron chi connectivity index (χ0n) is 12.0. The quantitative estimate of drug-likeness (QED) is 0.632. The Morgan fingerprint density at radius 1 is 1.15 bits per heavy atom. The summed E-state index contributed by atoms with van der Waals surface area (Å²) in [6.45, 7) is 0.607. The fourth-order valence-electron chi connectivity index (χ4n) is 2.93. The molecular formula is C17H24ClNO. The summed E-state index contributed by atoms with van der Waals surface area (Å²) in [5.41, 5.74) is 2.22. The van der Waals surface area contributed by atoms with E-state index in [1.54, 1.807) is 0 Å². The van der Waals surface area contributed by atoms with E-state index in [4.69, 9.17) is 11.6 Å². The van der Waals surface area contributed by atoms with Crippen molar-refractivity contribution in [3.05, 3.63) is 35.4 Å². The number of nitrogens with one attached hydrogen (secondary N) is 1. The molecular weight excluding hydrogens is 270 g/mol. The molecule has 0 atom stereocenters. The fraction of sp³-hybridized carbons (Fsp3) is 0.588. The highest BCUT2D eigenvalue weighted by Gasteiger charge is 2.15. The molecule has 1 aromatic carbocycles. The molecule has 0 aliphatic heterocycles. The molecule has 0 heterocycles. The van der Waals surface area contributed by atoms with Gasteiger partial charge in [0.2, 0.25) is 5.91 Å². The maximum absolute atomic E-state index is 12.0. The summed E-state index contributed by atoms with van der Waals surface area (Å²) in [6.07, 6.45) is 8.37. The predicted molar refractivity (Wildman–Crippen MR) is 83.7 cm³/mol. The van der Waals surface area contributed by atoms with Crippen LogP contribution in [0.3, 0.4) is 0 Å². The van der Waals surface area contributed by atoms with Gasteiger partial charge >= 0.3 is 0 Å². The lowest BCUT2D eigenvalue weighted by Crippen LogP contribution is -2.25. The Kier molecular flexibility index (Phi) is 6.38. The highest BCUT2D eigenvalue weighted by Crippen LogP contribution is 2.25. The average molecular weight is 294 g/mol. The molecule has 1 amide bonds. The highest BCUT2D eigenvalue weighted by molar-refractivity contribution is 6.17. The largest absolute Gasteiger partial charge is 0.352 e. The molecule has 0 spiro atoms. The maximum Gasteiger partial charge on any atom is 0.220 e. The Morgan fingerprint density at radius 3 is 2.55 bits per heavy atom. The van der Waals surface area contributed by atoms with Crippen molar-refractivity contribution < 1.29 is 4.79 Å². The topological polar surface area (TPSA) is 29.1 Å². The Balaban J connectivity index is 1.76. The first-order valence-electron chi connectivity index (χ1n) is 7.68. The second-order valence-electron chi connectivity index (χ2n) is 5.79. The second kappa shape index (κ2) is 8.31. The van der Waals surface area contributed by atoms with Gasteiger partial charge in [-0.3, -0.25) is 4.79 Å². The minimum atomic E-state index is 0.188. The van der Waals surface area contributed by atoms with Crippen molar-refractivity contribution in [1.29, 1.82) is 0 Å². The summed E-state index contributed by atoms with van der Waals surface area (Å²) in [5, 5.41) is 3.04. The monoisotopic (exact) mass is 293 g/mol. The van der Waals surface area contributed by atoms with Crippen molar-refractivity contribution in [2.24, 2.45) is 5.92 Å². The van der Waals surface area contributed by atoms with Crippen LogP contribution in [0.1, 0.15) is 56.1 Å². The standard InChI is InChI=1S/C17H24ClNO/c18-12-15-8-5-9-16(10-15)13-19-17(20)11-14-6-3-1-2-4-7-14/h5,8-10,14H,1-4,6-7,11-13H2,(H,19,20). The van der Waals surface area contributed by atoms with E-state index in [1.165, 1.54) is 38.5 Å². The van der Waals surface area contributed by atoms with Gasteiger partial charge < -0.3 is 5.32 Å². The van der Waals surface area contributed by atoms with E-state index in [1.807, 2.05) is 18.2 Å². The predicted octanol–water partition coefficient (Wildman–Crippen LogP) is 4.40. The summed E-state index contributed by atoms with van der Waals surface area (Å²) < 4.78 is 0. The molecule has 1 aliphatic carbocycles. The van der Waals surface area contributed by atoms with Crippen LogP contribution in [0.2, 0.25) is 0 Å². The van der Waals surface area contributed by atoms with Crippen molar-refractivity contribution in [2.45, 2.75) is 57.4 Å². The molecule has 0 saturated heterocycles. The van der Waals surface area contributed by atoms with E-state index in [0.29, 0.717) is 24.8 Å². The summed E-state index contributed by atoms with van der Waals surface area (Å²) in [7, 11) is 0. The van der Waals surface area contributed by atoms with Crippen LogP contribution in [-0.2, 0) is 17.2 Å². The third-order valence-corrected chi connectivity index (χ3v) is 4.39. The minimum absolute atomic E-state index is 0.188. The number of rotatable bonds is 5. The lowest BCUT2D eigenvalue weighted by atomic mass is 9.96. The molecule has 0 radical (unpaired) electrons. The van der Waals surface area contributed by atoms with Gasteiger partial charge in [-0.15, -0.1) is 11.6 Å². The normalized spacial score (nSPS) is 16.6. The number of carbonyl (C=O) groups excluding carboxylic acids is 1. The molecule has 0 unspecified atom stereocenters. The average Bonchev–Trinajstić information content (AvgIpc) is 2.74. The zero-order chi connectivity index (χ0) is 14.2. The molecule has 20 heavy (non-hydrogen) atoms. The lowest BCUT2D eigenvalue weighted by Gasteiger charge is -2.13. The molecule has 0 bridgehead atoms. The number of alkyl halides is 1. The molecule has 1 saturated carbocycles. The molecule has 2 rings (SSSR count). The first-order valence-corrected chi connectivity index (χ1v) is 8.22. The Bertz CT molecular complexity index is 425. The van der Waals surface area contributed by atoms with Gasteiger partial charge in [0, 0.05) is 18.8 Å². The van der Waals surface area contributed by atoms with E-state index in [2.05, 4.69) is 11.4 Å². The van der Waals surface area contributed by atoms with Gasteiger partial charge in [-0.1, -0.05) is 49.9 Å². The van der Waals surface area contributed by atoms with E-state index < -0.39 is 0 Å². The van der Waals surface area contributed by atoms with Gasteiger partial charge in [0.15, 0.2) is 0 Å². The summed E-state index contributed by atoms with van der Waals surface area (Å²) in [6, 6.07) is 8.08. The van der Waals surface area contributed by atoms with Gasteiger partial charge in [-0.2, -0.15) is 0 Å². The van der Waals surface area contributed by atoms with E-state index >= 15 is 0 Å². The van der Waals surface area contributed by atoms with Crippen LogP contribution in [0.5, 0.6) is 0 Å². The van der Waals surface area contributed by atoms with Crippen LogP contribution in [0.4, 0.5) is 0 Å².